The summed E-state index contributed by atoms with van der Waals surface area (Å²) < 4.78 is 0. The topological polar surface area (TPSA) is 37.3 Å². The monoisotopic (exact) mass is 182 g/mol. The Morgan fingerprint density at radius 3 is 2.23 bits per heavy atom. The van der Waals surface area contributed by atoms with Crippen LogP contribution in [0.4, 0.5) is 0 Å². The summed E-state index contributed by atoms with van der Waals surface area (Å²) in [7, 11) is 0. The van der Waals surface area contributed by atoms with Gasteiger partial charge in [-0.3, -0.25) is 4.79 Å². The average molecular weight is 182 g/mol. The van der Waals surface area contributed by atoms with Gasteiger partial charge >= 0.3 is 0 Å². The molecule has 2 heteroatoms. The standard InChI is InChI=1S/C11H18O2/c1-9(2)8-10(12)11(13)6-4-3-5-7-11/h8,13H,3-7H2,1-2H3. The molecule has 0 radical (unpaired) electrons. The van der Waals surface area contributed by atoms with Crippen molar-refractivity contribution in [2.75, 3.05) is 0 Å². The van der Waals surface area contributed by atoms with Gasteiger partial charge in [0.1, 0.15) is 5.60 Å². The number of carbonyl (C=O) groups excluding carboxylic acids is 1. The summed E-state index contributed by atoms with van der Waals surface area (Å²) in [5.74, 6) is -0.104. The van der Waals surface area contributed by atoms with Crippen molar-refractivity contribution in [3.8, 4) is 0 Å². The van der Waals surface area contributed by atoms with E-state index in [4.69, 9.17) is 0 Å². The van der Waals surface area contributed by atoms with E-state index in [9.17, 15) is 9.90 Å². The molecular weight excluding hydrogens is 164 g/mol. The first-order valence-electron chi connectivity index (χ1n) is 4.96. The van der Waals surface area contributed by atoms with Gasteiger partial charge < -0.3 is 5.11 Å². The van der Waals surface area contributed by atoms with Gasteiger partial charge in [-0.25, -0.2) is 0 Å². The van der Waals surface area contributed by atoms with Gasteiger partial charge in [0.25, 0.3) is 0 Å². The second-order valence-electron chi connectivity index (χ2n) is 4.18. The van der Waals surface area contributed by atoms with E-state index in [-0.39, 0.29) is 5.78 Å². The smallest absolute Gasteiger partial charge is 0.187 e. The number of hydrogen-bond donors (Lipinski definition) is 1. The van der Waals surface area contributed by atoms with Crippen molar-refractivity contribution in [2.24, 2.45) is 0 Å². The number of rotatable bonds is 2. The van der Waals surface area contributed by atoms with Crippen LogP contribution in [0, 0.1) is 0 Å². The Hall–Kier alpha value is -0.630. The average Bonchev–Trinajstić information content (AvgIpc) is 2.04. The minimum Gasteiger partial charge on any atom is -0.382 e. The molecule has 2 nitrogen and oxygen atoms in total. The van der Waals surface area contributed by atoms with E-state index in [2.05, 4.69) is 0 Å². The van der Waals surface area contributed by atoms with Crippen molar-refractivity contribution in [1.29, 1.82) is 0 Å². The molecule has 0 bridgehead atoms. The first-order chi connectivity index (χ1) is 6.04. The van der Waals surface area contributed by atoms with Crippen molar-refractivity contribution < 1.29 is 9.90 Å². The van der Waals surface area contributed by atoms with Gasteiger partial charge in [-0.2, -0.15) is 0 Å². The van der Waals surface area contributed by atoms with Crippen LogP contribution in [0.25, 0.3) is 0 Å². The van der Waals surface area contributed by atoms with E-state index >= 15 is 0 Å². The summed E-state index contributed by atoms with van der Waals surface area (Å²) in [6.45, 7) is 3.76. The molecule has 1 saturated carbocycles. The summed E-state index contributed by atoms with van der Waals surface area (Å²) >= 11 is 0. The molecule has 0 heterocycles. The molecule has 13 heavy (non-hydrogen) atoms. The molecule has 1 rings (SSSR count). The van der Waals surface area contributed by atoms with Crippen LogP contribution in [0.15, 0.2) is 11.6 Å². The Kier molecular flexibility index (Phi) is 3.26. The minimum atomic E-state index is -1.05. The van der Waals surface area contributed by atoms with E-state index in [1.54, 1.807) is 6.08 Å². The van der Waals surface area contributed by atoms with Crippen molar-refractivity contribution in [3.05, 3.63) is 11.6 Å². The lowest BCUT2D eigenvalue weighted by Gasteiger charge is -2.29. The molecule has 0 atom stereocenters. The van der Waals surface area contributed by atoms with Crippen LogP contribution >= 0.6 is 0 Å². The zero-order valence-corrected chi connectivity index (χ0v) is 8.47. The lowest BCUT2D eigenvalue weighted by Crippen LogP contribution is -2.39. The SMILES string of the molecule is CC(C)=CC(=O)C1(O)CCCCC1. The second kappa shape index (κ2) is 4.05. The Morgan fingerprint density at radius 1 is 1.23 bits per heavy atom. The summed E-state index contributed by atoms with van der Waals surface area (Å²) in [6, 6.07) is 0. The van der Waals surface area contributed by atoms with Crippen molar-refractivity contribution in [2.45, 2.75) is 51.6 Å². The Labute approximate surface area is 79.6 Å². The fourth-order valence-corrected chi connectivity index (χ4v) is 1.78. The normalized spacial score (nSPS) is 20.8. The third kappa shape index (κ3) is 2.66. The van der Waals surface area contributed by atoms with Gasteiger partial charge in [0, 0.05) is 0 Å². The molecule has 74 valence electrons. The van der Waals surface area contributed by atoms with Crippen LogP contribution in [0.1, 0.15) is 46.0 Å². The fourth-order valence-electron chi connectivity index (χ4n) is 1.78. The minimum absolute atomic E-state index is 0.104. The number of carbonyl (C=O) groups is 1. The highest BCUT2D eigenvalue weighted by atomic mass is 16.3. The summed E-state index contributed by atoms with van der Waals surface area (Å²) in [4.78, 5) is 11.6. The van der Waals surface area contributed by atoms with Crippen LogP contribution in [-0.2, 0) is 4.79 Å². The van der Waals surface area contributed by atoms with Crippen LogP contribution in [-0.4, -0.2) is 16.5 Å². The van der Waals surface area contributed by atoms with Crippen LogP contribution in [0.5, 0.6) is 0 Å². The van der Waals surface area contributed by atoms with Crippen molar-refractivity contribution in [3.63, 3.8) is 0 Å². The molecule has 0 aliphatic heterocycles. The lowest BCUT2D eigenvalue weighted by atomic mass is 9.81. The number of allylic oxidation sites excluding steroid dienone is 1. The maximum atomic E-state index is 11.6. The summed E-state index contributed by atoms with van der Waals surface area (Å²) in [6.07, 6.45) is 5.92. The van der Waals surface area contributed by atoms with Crippen LogP contribution in [0.3, 0.4) is 0 Å². The molecule has 0 amide bonds. The highest BCUT2D eigenvalue weighted by Crippen LogP contribution is 2.29. The fraction of sp³-hybridized carbons (Fsp3) is 0.727. The zero-order valence-electron chi connectivity index (χ0n) is 8.47. The molecule has 1 aliphatic rings. The molecule has 0 aromatic rings. The van der Waals surface area contributed by atoms with Crippen LogP contribution in [0.2, 0.25) is 0 Å². The molecule has 0 unspecified atom stereocenters. The van der Waals surface area contributed by atoms with E-state index in [0.717, 1.165) is 24.8 Å². The highest BCUT2D eigenvalue weighted by Gasteiger charge is 2.35. The number of ketones is 1. The van der Waals surface area contributed by atoms with Crippen LogP contribution < -0.4 is 0 Å². The van der Waals surface area contributed by atoms with E-state index in [0.29, 0.717) is 12.8 Å². The van der Waals surface area contributed by atoms with Gasteiger partial charge in [0.2, 0.25) is 0 Å². The predicted molar refractivity (Wildman–Crippen MR) is 52.5 cm³/mol. The third-order valence-electron chi connectivity index (χ3n) is 2.56. The molecular formula is C11H18O2. The van der Waals surface area contributed by atoms with Gasteiger partial charge in [0.15, 0.2) is 5.78 Å². The summed E-state index contributed by atoms with van der Waals surface area (Å²) in [5.41, 5.74) is -0.0841. The molecule has 0 saturated heterocycles. The van der Waals surface area contributed by atoms with E-state index in [1.165, 1.54) is 0 Å². The first kappa shape index (κ1) is 10.5. The maximum absolute atomic E-state index is 11.6. The molecule has 1 N–H and O–H groups in total. The lowest BCUT2D eigenvalue weighted by molar-refractivity contribution is -0.135. The molecule has 0 spiro atoms. The number of hydrogen-bond acceptors (Lipinski definition) is 2. The number of aliphatic hydroxyl groups is 1. The van der Waals surface area contributed by atoms with Gasteiger partial charge in [0.05, 0.1) is 0 Å². The van der Waals surface area contributed by atoms with E-state index in [1.807, 2.05) is 13.8 Å². The second-order valence-corrected chi connectivity index (χ2v) is 4.18. The third-order valence-corrected chi connectivity index (χ3v) is 2.56. The Morgan fingerprint density at radius 2 is 1.77 bits per heavy atom. The van der Waals surface area contributed by atoms with E-state index < -0.39 is 5.60 Å². The highest BCUT2D eigenvalue weighted by molar-refractivity contribution is 5.97. The zero-order chi connectivity index (χ0) is 9.90. The van der Waals surface area contributed by atoms with Crippen molar-refractivity contribution in [1.82, 2.24) is 0 Å². The molecule has 1 fully saturated rings. The van der Waals surface area contributed by atoms with Crippen molar-refractivity contribution >= 4 is 5.78 Å². The summed E-state index contributed by atoms with van der Waals surface area (Å²) in [5, 5.41) is 9.99. The Balaban J connectivity index is 2.67. The quantitative estimate of drug-likeness (QED) is 0.665. The Bertz CT molecular complexity index is 218. The first-order valence-corrected chi connectivity index (χ1v) is 4.96. The largest absolute Gasteiger partial charge is 0.382 e. The molecule has 1 aliphatic carbocycles. The predicted octanol–water partition coefficient (Wildman–Crippen LogP) is 2.22. The van der Waals surface area contributed by atoms with Gasteiger partial charge in [-0.1, -0.05) is 24.8 Å². The molecule has 0 aromatic carbocycles. The van der Waals surface area contributed by atoms with Gasteiger partial charge in [-0.15, -0.1) is 0 Å². The maximum Gasteiger partial charge on any atom is 0.187 e. The molecule has 0 aromatic heterocycles. The van der Waals surface area contributed by atoms with Gasteiger partial charge in [-0.05, 0) is 32.8 Å².